The van der Waals surface area contributed by atoms with Crippen molar-refractivity contribution < 1.29 is 19.2 Å². The summed E-state index contributed by atoms with van der Waals surface area (Å²) in [5, 5.41) is 9.13. The number of rotatable bonds is 6. The highest BCUT2D eigenvalue weighted by molar-refractivity contribution is 6.23. The number of benzene rings is 1. The van der Waals surface area contributed by atoms with Crippen LogP contribution in [0.3, 0.4) is 0 Å². The van der Waals surface area contributed by atoms with E-state index in [1.54, 1.807) is 12.1 Å². The minimum Gasteiger partial charge on any atom is -0.314 e. The van der Waals surface area contributed by atoms with Gasteiger partial charge in [-0.25, -0.2) is 0 Å². The standard InChI is InChI=1S/C21H26N4O4/c26-18-7-6-17(19(27)24-18)25-20(28)15-5-4-13(11-16(15)21(25)29)12-22-10-8-14-3-1-2-9-23-14/h4-5,11,14,17,22-23H,1-3,6-10,12H2,(H,24,26,27). The molecule has 0 bridgehead atoms. The summed E-state index contributed by atoms with van der Waals surface area (Å²) in [6, 6.07) is 4.86. The molecule has 0 spiro atoms. The molecule has 2 fully saturated rings. The van der Waals surface area contributed by atoms with E-state index in [1.807, 2.05) is 6.07 Å². The van der Waals surface area contributed by atoms with Crippen molar-refractivity contribution in [3.63, 3.8) is 0 Å². The summed E-state index contributed by atoms with van der Waals surface area (Å²) in [6.07, 6.45) is 5.09. The minimum absolute atomic E-state index is 0.120. The number of hydrogen-bond donors (Lipinski definition) is 3. The highest BCUT2D eigenvalue weighted by Gasteiger charge is 2.44. The smallest absolute Gasteiger partial charge is 0.262 e. The Hall–Kier alpha value is -2.58. The summed E-state index contributed by atoms with van der Waals surface area (Å²) in [5.41, 5.74) is 1.56. The van der Waals surface area contributed by atoms with Crippen molar-refractivity contribution in [1.82, 2.24) is 20.9 Å². The van der Waals surface area contributed by atoms with Crippen molar-refractivity contribution in [1.29, 1.82) is 0 Å². The molecular weight excluding hydrogens is 372 g/mol. The van der Waals surface area contributed by atoms with E-state index in [2.05, 4.69) is 16.0 Å². The fourth-order valence-electron chi connectivity index (χ4n) is 4.31. The van der Waals surface area contributed by atoms with Crippen LogP contribution in [0.5, 0.6) is 0 Å². The van der Waals surface area contributed by atoms with Crippen LogP contribution < -0.4 is 16.0 Å². The monoisotopic (exact) mass is 398 g/mol. The van der Waals surface area contributed by atoms with E-state index < -0.39 is 23.8 Å². The molecule has 1 aromatic carbocycles. The summed E-state index contributed by atoms with van der Waals surface area (Å²) < 4.78 is 0. The van der Waals surface area contributed by atoms with E-state index in [0.29, 0.717) is 23.7 Å². The predicted octanol–water partition coefficient (Wildman–Crippen LogP) is 0.710. The Bertz CT molecular complexity index is 847. The zero-order valence-corrected chi connectivity index (χ0v) is 16.3. The minimum atomic E-state index is -0.926. The molecule has 8 heteroatoms. The summed E-state index contributed by atoms with van der Waals surface area (Å²) in [7, 11) is 0. The third-order valence-electron chi connectivity index (χ3n) is 5.92. The average molecular weight is 398 g/mol. The van der Waals surface area contributed by atoms with E-state index in [1.165, 1.54) is 19.3 Å². The number of imide groups is 2. The van der Waals surface area contributed by atoms with Gasteiger partial charge in [0.15, 0.2) is 0 Å². The van der Waals surface area contributed by atoms with E-state index in [9.17, 15) is 19.2 Å². The number of fused-ring (bicyclic) bond motifs is 1. The molecule has 4 amide bonds. The van der Waals surface area contributed by atoms with Gasteiger partial charge in [-0.3, -0.25) is 29.4 Å². The van der Waals surface area contributed by atoms with Crippen LogP contribution in [0.1, 0.15) is 64.8 Å². The van der Waals surface area contributed by atoms with Gasteiger partial charge in [-0.2, -0.15) is 0 Å². The summed E-state index contributed by atoms with van der Waals surface area (Å²) >= 11 is 0. The van der Waals surface area contributed by atoms with Crippen LogP contribution in [-0.4, -0.2) is 53.7 Å². The lowest BCUT2D eigenvalue weighted by atomic mass is 10.0. The van der Waals surface area contributed by atoms with Crippen LogP contribution in [0.15, 0.2) is 18.2 Å². The molecule has 0 saturated carbocycles. The predicted molar refractivity (Wildman–Crippen MR) is 105 cm³/mol. The van der Waals surface area contributed by atoms with E-state index in [0.717, 1.165) is 30.0 Å². The number of amides is 4. The maximum atomic E-state index is 12.8. The SMILES string of the molecule is O=C1CCC(N2C(=O)c3ccc(CNCCC4CCCCN4)cc3C2=O)C(=O)N1. The first-order valence-corrected chi connectivity index (χ1v) is 10.3. The van der Waals surface area contributed by atoms with Crippen molar-refractivity contribution in [3.8, 4) is 0 Å². The summed E-state index contributed by atoms with van der Waals surface area (Å²) in [4.78, 5) is 50.0. The maximum absolute atomic E-state index is 12.8. The Morgan fingerprint density at radius 1 is 1.03 bits per heavy atom. The lowest BCUT2D eigenvalue weighted by Crippen LogP contribution is -2.54. The first kappa shape index (κ1) is 19.7. The van der Waals surface area contributed by atoms with Crippen LogP contribution in [-0.2, 0) is 16.1 Å². The third kappa shape index (κ3) is 4.09. The molecule has 2 unspecified atom stereocenters. The van der Waals surface area contributed by atoms with Gasteiger partial charge in [0, 0.05) is 19.0 Å². The fourth-order valence-corrected chi connectivity index (χ4v) is 4.31. The molecule has 3 aliphatic rings. The molecule has 2 saturated heterocycles. The van der Waals surface area contributed by atoms with E-state index in [-0.39, 0.29) is 18.7 Å². The second-order valence-corrected chi connectivity index (χ2v) is 7.94. The Kier molecular flexibility index (Phi) is 5.73. The van der Waals surface area contributed by atoms with Crippen LogP contribution in [0, 0.1) is 0 Å². The second-order valence-electron chi connectivity index (χ2n) is 7.94. The molecule has 0 aromatic heterocycles. The highest BCUT2D eigenvalue weighted by atomic mass is 16.2. The Balaban J connectivity index is 1.38. The van der Waals surface area contributed by atoms with Crippen molar-refractivity contribution in [2.24, 2.45) is 0 Å². The number of carbonyl (C=O) groups is 4. The molecule has 3 aliphatic heterocycles. The Labute approximate surface area is 169 Å². The van der Waals surface area contributed by atoms with Crippen molar-refractivity contribution in [3.05, 3.63) is 34.9 Å². The van der Waals surface area contributed by atoms with Gasteiger partial charge in [0.1, 0.15) is 6.04 Å². The lowest BCUT2D eigenvalue weighted by molar-refractivity contribution is -0.136. The maximum Gasteiger partial charge on any atom is 0.262 e. The molecule has 3 heterocycles. The Morgan fingerprint density at radius 2 is 1.86 bits per heavy atom. The van der Waals surface area contributed by atoms with Gasteiger partial charge in [-0.1, -0.05) is 12.5 Å². The molecule has 1 aromatic rings. The molecule has 154 valence electrons. The van der Waals surface area contributed by atoms with Gasteiger partial charge in [0.05, 0.1) is 11.1 Å². The molecule has 4 rings (SSSR count). The van der Waals surface area contributed by atoms with Crippen LogP contribution in [0.4, 0.5) is 0 Å². The van der Waals surface area contributed by atoms with Gasteiger partial charge in [-0.15, -0.1) is 0 Å². The highest BCUT2D eigenvalue weighted by Crippen LogP contribution is 2.28. The van der Waals surface area contributed by atoms with Crippen LogP contribution in [0.25, 0.3) is 0 Å². The topological polar surface area (TPSA) is 108 Å². The average Bonchev–Trinajstić information content (AvgIpc) is 2.96. The van der Waals surface area contributed by atoms with Gasteiger partial charge in [0.25, 0.3) is 11.8 Å². The van der Waals surface area contributed by atoms with E-state index >= 15 is 0 Å². The number of nitrogens with one attached hydrogen (secondary N) is 3. The number of hydrogen-bond acceptors (Lipinski definition) is 6. The van der Waals surface area contributed by atoms with Gasteiger partial charge < -0.3 is 10.6 Å². The second kappa shape index (κ2) is 8.42. The number of carbonyl (C=O) groups excluding carboxylic acids is 4. The zero-order valence-electron chi connectivity index (χ0n) is 16.3. The Morgan fingerprint density at radius 3 is 2.62 bits per heavy atom. The number of piperidine rings is 2. The van der Waals surface area contributed by atoms with Crippen molar-refractivity contribution >= 4 is 23.6 Å². The lowest BCUT2D eigenvalue weighted by Gasteiger charge is -2.27. The van der Waals surface area contributed by atoms with Gasteiger partial charge in [0.2, 0.25) is 11.8 Å². The fraction of sp³-hybridized carbons (Fsp3) is 0.524. The third-order valence-corrected chi connectivity index (χ3v) is 5.92. The first-order chi connectivity index (χ1) is 14.0. The molecule has 0 radical (unpaired) electrons. The summed E-state index contributed by atoms with van der Waals surface area (Å²) in [5.74, 6) is -1.90. The molecule has 29 heavy (non-hydrogen) atoms. The molecular formula is C21H26N4O4. The molecule has 8 nitrogen and oxygen atoms in total. The quantitative estimate of drug-likeness (QED) is 0.481. The first-order valence-electron chi connectivity index (χ1n) is 10.3. The molecule has 2 atom stereocenters. The van der Waals surface area contributed by atoms with Crippen LogP contribution >= 0.6 is 0 Å². The summed E-state index contributed by atoms with van der Waals surface area (Å²) in [6.45, 7) is 2.58. The van der Waals surface area contributed by atoms with Crippen molar-refractivity contribution in [2.45, 2.75) is 57.2 Å². The van der Waals surface area contributed by atoms with Crippen molar-refractivity contribution in [2.75, 3.05) is 13.1 Å². The molecule has 3 N–H and O–H groups in total. The van der Waals surface area contributed by atoms with Gasteiger partial charge in [-0.05, 0) is 56.5 Å². The molecule has 0 aliphatic carbocycles. The van der Waals surface area contributed by atoms with Crippen LogP contribution in [0.2, 0.25) is 0 Å². The number of nitrogens with zero attached hydrogens (tertiary/aromatic N) is 1. The normalized spacial score (nSPS) is 24.6. The largest absolute Gasteiger partial charge is 0.314 e. The van der Waals surface area contributed by atoms with Gasteiger partial charge >= 0.3 is 0 Å². The zero-order chi connectivity index (χ0) is 20.4. The van der Waals surface area contributed by atoms with E-state index in [4.69, 9.17) is 0 Å².